The molecule has 0 aromatic heterocycles. The third kappa shape index (κ3) is 3.31. The molecule has 0 amide bonds. The first-order valence-corrected chi connectivity index (χ1v) is 7.44. The molecular weight excluding hydrogens is 258 g/mol. The van der Waals surface area contributed by atoms with Crippen LogP contribution in [0, 0.1) is 32.6 Å². The summed E-state index contributed by atoms with van der Waals surface area (Å²) < 4.78 is 33.6. The predicted molar refractivity (Wildman–Crippen MR) is 77.4 cm³/mol. The molecule has 20 heavy (non-hydrogen) atoms. The largest absolute Gasteiger partial charge is 0.432 e. The summed E-state index contributed by atoms with van der Waals surface area (Å²) in [5, 5.41) is 0. The summed E-state index contributed by atoms with van der Waals surface area (Å²) in [6.07, 6.45) is -0.213. The molecule has 0 atom stereocenters. The van der Waals surface area contributed by atoms with Gasteiger partial charge in [-0.15, -0.1) is 0 Å². The monoisotopic (exact) mass is 282 g/mol. The summed E-state index contributed by atoms with van der Waals surface area (Å²) in [5.74, 6) is 0.195. The molecule has 2 rings (SSSR count). The van der Waals surface area contributed by atoms with Crippen molar-refractivity contribution in [2.75, 3.05) is 0 Å². The van der Waals surface area contributed by atoms with Gasteiger partial charge in [0.2, 0.25) is 0 Å². The maximum atomic E-state index is 14.3. The lowest BCUT2D eigenvalue weighted by Crippen LogP contribution is -2.37. The highest BCUT2D eigenvalue weighted by Crippen LogP contribution is 2.40. The molecule has 112 valence electrons. The van der Waals surface area contributed by atoms with E-state index < -0.39 is 12.0 Å². The van der Waals surface area contributed by atoms with Crippen LogP contribution in [0.5, 0.6) is 5.75 Å². The molecular formula is C17H24F2O. The van der Waals surface area contributed by atoms with Gasteiger partial charge in [0.1, 0.15) is 5.75 Å². The Kier molecular flexibility index (Phi) is 4.36. The average molecular weight is 282 g/mol. The molecule has 0 radical (unpaired) electrons. The van der Waals surface area contributed by atoms with Crippen LogP contribution in [0.1, 0.15) is 49.3 Å². The van der Waals surface area contributed by atoms with Gasteiger partial charge in [0.25, 0.3) is 0 Å². The SMILES string of the molecule is Cc1cc(OC(F)(F)C2CCC(C)CC2)cc(C)c1C. The first-order chi connectivity index (χ1) is 9.29. The van der Waals surface area contributed by atoms with Gasteiger partial charge in [-0.2, -0.15) is 8.78 Å². The Balaban J connectivity index is 2.11. The van der Waals surface area contributed by atoms with Crippen LogP contribution in [0.3, 0.4) is 0 Å². The molecule has 0 unspecified atom stereocenters. The number of ether oxygens (including phenoxy) is 1. The molecule has 1 saturated carbocycles. The lowest BCUT2D eigenvalue weighted by Gasteiger charge is -2.32. The molecule has 0 saturated heterocycles. The van der Waals surface area contributed by atoms with E-state index in [0.29, 0.717) is 18.8 Å². The summed E-state index contributed by atoms with van der Waals surface area (Å²) in [7, 11) is 0. The van der Waals surface area contributed by atoms with E-state index in [-0.39, 0.29) is 5.75 Å². The number of alkyl halides is 2. The Bertz CT molecular complexity index is 451. The van der Waals surface area contributed by atoms with Crippen molar-refractivity contribution in [3.63, 3.8) is 0 Å². The van der Waals surface area contributed by atoms with Gasteiger partial charge in [-0.05, 0) is 68.4 Å². The van der Waals surface area contributed by atoms with Crippen molar-refractivity contribution in [2.45, 2.75) is 59.5 Å². The molecule has 1 aliphatic rings. The molecule has 1 nitrogen and oxygen atoms in total. The molecule has 1 aromatic rings. The van der Waals surface area contributed by atoms with Gasteiger partial charge in [-0.1, -0.05) is 19.8 Å². The molecule has 0 bridgehead atoms. The number of hydrogen-bond donors (Lipinski definition) is 0. The lowest BCUT2D eigenvalue weighted by molar-refractivity contribution is -0.223. The van der Waals surface area contributed by atoms with E-state index in [2.05, 4.69) is 6.92 Å². The Morgan fingerprint density at radius 1 is 1.00 bits per heavy atom. The molecule has 0 N–H and O–H groups in total. The van der Waals surface area contributed by atoms with Crippen molar-refractivity contribution in [2.24, 2.45) is 11.8 Å². The van der Waals surface area contributed by atoms with E-state index in [9.17, 15) is 8.78 Å². The summed E-state index contributed by atoms with van der Waals surface area (Å²) in [6.45, 7) is 7.97. The van der Waals surface area contributed by atoms with Crippen molar-refractivity contribution in [3.8, 4) is 5.75 Å². The zero-order valence-corrected chi connectivity index (χ0v) is 12.8. The van der Waals surface area contributed by atoms with E-state index in [1.807, 2.05) is 20.8 Å². The fraction of sp³-hybridized carbons (Fsp3) is 0.647. The van der Waals surface area contributed by atoms with Crippen molar-refractivity contribution >= 4 is 0 Å². The summed E-state index contributed by atoms with van der Waals surface area (Å²) in [5.41, 5.74) is 3.12. The minimum absolute atomic E-state index is 0.286. The average Bonchev–Trinajstić information content (AvgIpc) is 2.36. The lowest BCUT2D eigenvalue weighted by atomic mass is 9.82. The van der Waals surface area contributed by atoms with Crippen LogP contribution in [0.2, 0.25) is 0 Å². The Morgan fingerprint density at radius 2 is 1.50 bits per heavy atom. The van der Waals surface area contributed by atoms with Crippen LogP contribution in [0.25, 0.3) is 0 Å². The van der Waals surface area contributed by atoms with Gasteiger partial charge < -0.3 is 4.74 Å². The van der Waals surface area contributed by atoms with Gasteiger partial charge in [-0.25, -0.2) is 0 Å². The fourth-order valence-corrected chi connectivity index (χ4v) is 2.89. The van der Waals surface area contributed by atoms with E-state index >= 15 is 0 Å². The minimum atomic E-state index is -3.06. The first-order valence-electron chi connectivity index (χ1n) is 7.44. The van der Waals surface area contributed by atoms with E-state index in [0.717, 1.165) is 29.5 Å². The maximum Gasteiger partial charge on any atom is 0.400 e. The normalized spacial score (nSPS) is 23.7. The third-order valence-electron chi connectivity index (χ3n) is 4.65. The first kappa shape index (κ1) is 15.3. The zero-order valence-electron chi connectivity index (χ0n) is 12.8. The third-order valence-corrected chi connectivity index (χ3v) is 4.65. The van der Waals surface area contributed by atoms with E-state index in [1.54, 1.807) is 12.1 Å². The molecule has 0 aliphatic heterocycles. The van der Waals surface area contributed by atoms with Gasteiger partial charge >= 0.3 is 6.11 Å². The molecule has 0 spiro atoms. The van der Waals surface area contributed by atoms with Crippen LogP contribution >= 0.6 is 0 Å². The standard InChI is InChI=1S/C17H24F2O/c1-11-5-7-15(8-6-11)17(18,19)20-16-9-12(2)14(4)13(3)10-16/h9-11,15H,5-8H2,1-4H3. The van der Waals surface area contributed by atoms with Crippen LogP contribution in [0.15, 0.2) is 12.1 Å². The van der Waals surface area contributed by atoms with Crippen molar-refractivity contribution in [1.29, 1.82) is 0 Å². The van der Waals surface area contributed by atoms with Gasteiger partial charge in [0.05, 0.1) is 5.92 Å². The Labute approximate surface area is 120 Å². The van der Waals surface area contributed by atoms with Gasteiger partial charge in [0, 0.05) is 0 Å². The highest BCUT2D eigenvalue weighted by atomic mass is 19.3. The van der Waals surface area contributed by atoms with Crippen LogP contribution in [0.4, 0.5) is 8.78 Å². The number of aryl methyl sites for hydroxylation is 2. The minimum Gasteiger partial charge on any atom is -0.432 e. The number of benzene rings is 1. The van der Waals surface area contributed by atoms with Gasteiger partial charge in [0.15, 0.2) is 0 Å². The summed E-state index contributed by atoms with van der Waals surface area (Å²) in [4.78, 5) is 0. The molecule has 3 heteroatoms. The van der Waals surface area contributed by atoms with Crippen LogP contribution < -0.4 is 4.74 Å². The Hall–Kier alpha value is -1.12. The molecule has 1 aliphatic carbocycles. The Morgan fingerprint density at radius 3 is 2.00 bits per heavy atom. The highest BCUT2D eigenvalue weighted by Gasteiger charge is 2.43. The number of halogens is 2. The van der Waals surface area contributed by atoms with Gasteiger partial charge in [-0.3, -0.25) is 0 Å². The molecule has 1 fully saturated rings. The highest BCUT2D eigenvalue weighted by molar-refractivity contribution is 5.40. The number of rotatable bonds is 3. The predicted octanol–water partition coefficient (Wildman–Crippen LogP) is 5.41. The topological polar surface area (TPSA) is 9.23 Å². The molecule has 0 heterocycles. The molecule has 1 aromatic carbocycles. The van der Waals surface area contributed by atoms with Crippen molar-refractivity contribution in [3.05, 3.63) is 28.8 Å². The van der Waals surface area contributed by atoms with Crippen LogP contribution in [-0.2, 0) is 0 Å². The summed E-state index contributed by atoms with van der Waals surface area (Å²) in [6, 6.07) is 3.42. The zero-order chi connectivity index (χ0) is 14.9. The smallest absolute Gasteiger partial charge is 0.400 e. The second kappa shape index (κ2) is 5.71. The van der Waals surface area contributed by atoms with Crippen molar-refractivity contribution < 1.29 is 13.5 Å². The van der Waals surface area contributed by atoms with Crippen LogP contribution in [-0.4, -0.2) is 6.11 Å². The van der Waals surface area contributed by atoms with E-state index in [1.165, 1.54) is 0 Å². The van der Waals surface area contributed by atoms with Crippen molar-refractivity contribution in [1.82, 2.24) is 0 Å². The number of hydrogen-bond acceptors (Lipinski definition) is 1. The van der Waals surface area contributed by atoms with E-state index in [4.69, 9.17) is 4.74 Å². The summed E-state index contributed by atoms with van der Waals surface area (Å²) >= 11 is 0. The second-order valence-electron chi connectivity index (χ2n) is 6.30. The second-order valence-corrected chi connectivity index (χ2v) is 6.30. The maximum absolute atomic E-state index is 14.3. The fourth-order valence-electron chi connectivity index (χ4n) is 2.89. The quantitative estimate of drug-likeness (QED) is 0.720.